The standard InChI is InChI=1S/C18H25N3O2S/c22-17(20-15-9-13-1-2-14(10-15)19-13)3-4-18(23)21-7-5-16-12(11-21)6-8-24-16/h6,8,13-15,19H,1-5,7,9-11H2,(H,20,22). The van der Waals surface area contributed by atoms with Gasteiger partial charge >= 0.3 is 0 Å². The molecule has 3 aliphatic rings. The summed E-state index contributed by atoms with van der Waals surface area (Å²) in [5, 5.41) is 8.82. The molecule has 0 aromatic carbocycles. The number of carbonyl (C=O) groups is 2. The fourth-order valence-electron chi connectivity index (χ4n) is 4.31. The van der Waals surface area contributed by atoms with Gasteiger partial charge in [-0.15, -0.1) is 11.3 Å². The average molecular weight is 347 g/mol. The molecule has 2 atom stereocenters. The van der Waals surface area contributed by atoms with Gasteiger partial charge in [-0.2, -0.15) is 0 Å². The summed E-state index contributed by atoms with van der Waals surface area (Å²) < 4.78 is 0. The molecule has 2 N–H and O–H groups in total. The molecule has 2 saturated heterocycles. The van der Waals surface area contributed by atoms with Gasteiger partial charge in [0.1, 0.15) is 0 Å². The number of thiophene rings is 1. The van der Waals surface area contributed by atoms with Crippen LogP contribution in [0.5, 0.6) is 0 Å². The lowest BCUT2D eigenvalue weighted by Crippen LogP contribution is -2.48. The Kier molecular flexibility index (Phi) is 4.59. The fraction of sp³-hybridized carbons (Fsp3) is 0.667. The molecule has 2 amide bonds. The highest BCUT2D eigenvalue weighted by Crippen LogP contribution is 2.27. The summed E-state index contributed by atoms with van der Waals surface area (Å²) in [5.41, 5.74) is 1.27. The molecule has 1 aromatic heterocycles. The molecule has 4 rings (SSSR count). The van der Waals surface area contributed by atoms with Crippen LogP contribution >= 0.6 is 11.3 Å². The highest BCUT2D eigenvalue weighted by atomic mass is 32.1. The van der Waals surface area contributed by atoms with Gasteiger partial charge < -0.3 is 15.5 Å². The third kappa shape index (κ3) is 3.49. The van der Waals surface area contributed by atoms with E-state index in [1.807, 2.05) is 4.90 Å². The molecule has 0 saturated carbocycles. The molecule has 3 aliphatic heterocycles. The van der Waals surface area contributed by atoms with Crippen LogP contribution in [0.2, 0.25) is 0 Å². The number of carbonyl (C=O) groups excluding carboxylic acids is 2. The van der Waals surface area contributed by atoms with Crippen LogP contribution < -0.4 is 10.6 Å². The lowest BCUT2D eigenvalue weighted by Gasteiger charge is -2.30. The first-order valence-electron chi connectivity index (χ1n) is 9.06. The maximum absolute atomic E-state index is 12.4. The zero-order valence-electron chi connectivity index (χ0n) is 13.9. The van der Waals surface area contributed by atoms with Gasteiger partial charge in [0.25, 0.3) is 0 Å². The van der Waals surface area contributed by atoms with E-state index in [4.69, 9.17) is 0 Å². The van der Waals surface area contributed by atoms with Crippen molar-refractivity contribution < 1.29 is 9.59 Å². The normalized spacial score (nSPS) is 28.5. The molecule has 130 valence electrons. The Morgan fingerprint density at radius 2 is 2.04 bits per heavy atom. The van der Waals surface area contributed by atoms with Gasteiger partial charge in [-0.3, -0.25) is 9.59 Å². The summed E-state index contributed by atoms with van der Waals surface area (Å²) in [6.07, 6.45) is 6.10. The average Bonchev–Trinajstić information content (AvgIpc) is 3.18. The number of amides is 2. The Labute approximate surface area is 146 Å². The molecule has 0 aliphatic carbocycles. The van der Waals surface area contributed by atoms with Crippen molar-refractivity contribution in [3.8, 4) is 0 Å². The zero-order valence-corrected chi connectivity index (χ0v) is 14.7. The van der Waals surface area contributed by atoms with Gasteiger partial charge in [0.2, 0.25) is 11.8 Å². The minimum atomic E-state index is 0.0304. The predicted octanol–water partition coefficient (Wildman–Crippen LogP) is 1.81. The van der Waals surface area contributed by atoms with Crippen molar-refractivity contribution in [3.63, 3.8) is 0 Å². The monoisotopic (exact) mass is 347 g/mol. The van der Waals surface area contributed by atoms with E-state index in [9.17, 15) is 9.59 Å². The number of rotatable bonds is 4. The van der Waals surface area contributed by atoms with Crippen LogP contribution in [-0.2, 0) is 22.6 Å². The van der Waals surface area contributed by atoms with E-state index in [0.717, 1.165) is 25.8 Å². The SMILES string of the molecule is O=C(CCC(=O)N1CCc2sccc2C1)NC1CC2CCC(C1)N2. The van der Waals surface area contributed by atoms with Crippen molar-refractivity contribution in [2.24, 2.45) is 0 Å². The maximum Gasteiger partial charge on any atom is 0.223 e. The largest absolute Gasteiger partial charge is 0.353 e. The van der Waals surface area contributed by atoms with E-state index < -0.39 is 0 Å². The number of hydrogen-bond donors (Lipinski definition) is 2. The van der Waals surface area contributed by atoms with Crippen LogP contribution in [0.25, 0.3) is 0 Å². The lowest BCUT2D eigenvalue weighted by atomic mass is 9.99. The van der Waals surface area contributed by atoms with Crippen LogP contribution in [0, 0.1) is 0 Å². The van der Waals surface area contributed by atoms with Crippen molar-refractivity contribution in [2.75, 3.05) is 6.54 Å². The second-order valence-corrected chi connectivity index (χ2v) is 8.31. The molecule has 1 aromatic rings. The van der Waals surface area contributed by atoms with Crippen LogP contribution in [0.4, 0.5) is 0 Å². The van der Waals surface area contributed by atoms with Crippen LogP contribution in [0.15, 0.2) is 11.4 Å². The van der Waals surface area contributed by atoms with Crippen LogP contribution in [-0.4, -0.2) is 41.4 Å². The van der Waals surface area contributed by atoms with Gasteiger partial charge in [-0.1, -0.05) is 0 Å². The molecule has 2 unspecified atom stereocenters. The molecule has 0 spiro atoms. The maximum atomic E-state index is 12.4. The second kappa shape index (κ2) is 6.84. The summed E-state index contributed by atoms with van der Waals surface area (Å²) in [5.74, 6) is 0.135. The highest BCUT2D eigenvalue weighted by molar-refractivity contribution is 7.10. The first-order valence-corrected chi connectivity index (χ1v) is 9.94. The Morgan fingerprint density at radius 1 is 1.25 bits per heavy atom. The molecule has 4 heterocycles. The van der Waals surface area contributed by atoms with E-state index in [1.165, 1.54) is 23.3 Å². The Morgan fingerprint density at radius 3 is 2.83 bits per heavy atom. The number of fused-ring (bicyclic) bond motifs is 3. The molecule has 6 heteroatoms. The minimum absolute atomic E-state index is 0.0304. The summed E-state index contributed by atoms with van der Waals surface area (Å²) in [6, 6.07) is 3.54. The van der Waals surface area contributed by atoms with Crippen molar-refractivity contribution in [2.45, 2.75) is 69.6 Å². The minimum Gasteiger partial charge on any atom is -0.353 e. The summed E-state index contributed by atoms with van der Waals surface area (Å²) in [6.45, 7) is 1.49. The summed E-state index contributed by atoms with van der Waals surface area (Å²) in [7, 11) is 0. The third-order valence-corrected chi connectivity index (χ3v) is 6.59. The Hall–Kier alpha value is -1.40. The van der Waals surface area contributed by atoms with E-state index in [-0.39, 0.29) is 17.9 Å². The molecular weight excluding hydrogens is 322 g/mol. The Bertz CT molecular complexity index is 618. The van der Waals surface area contributed by atoms with Crippen molar-refractivity contribution in [1.82, 2.24) is 15.5 Å². The quantitative estimate of drug-likeness (QED) is 0.873. The molecular formula is C18H25N3O2S. The van der Waals surface area contributed by atoms with E-state index in [2.05, 4.69) is 22.1 Å². The van der Waals surface area contributed by atoms with E-state index in [1.54, 1.807) is 11.3 Å². The number of nitrogens with one attached hydrogen (secondary N) is 2. The van der Waals surface area contributed by atoms with Crippen LogP contribution in [0.3, 0.4) is 0 Å². The topological polar surface area (TPSA) is 61.4 Å². The zero-order chi connectivity index (χ0) is 16.5. The highest BCUT2D eigenvalue weighted by Gasteiger charge is 2.34. The molecule has 5 nitrogen and oxygen atoms in total. The molecule has 2 bridgehead atoms. The van der Waals surface area contributed by atoms with Gasteiger partial charge in [0, 0.05) is 48.9 Å². The van der Waals surface area contributed by atoms with E-state index >= 15 is 0 Å². The summed E-state index contributed by atoms with van der Waals surface area (Å²) >= 11 is 1.77. The predicted molar refractivity (Wildman–Crippen MR) is 93.8 cm³/mol. The Balaban J connectivity index is 1.22. The fourth-order valence-corrected chi connectivity index (χ4v) is 5.20. The summed E-state index contributed by atoms with van der Waals surface area (Å²) in [4.78, 5) is 27.9. The molecule has 0 radical (unpaired) electrons. The van der Waals surface area contributed by atoms with Crippen LogP contribution in [0.1, 0.15) is 49.0 Å². The van der Waals surface area contributed by atoms with Gasteiger partial charge in [0.15, 0.2) is 0 Å². The number of piperidine rings is 1. The van der Waals surface area contributed by atoms with Gasteiger partial charge in [0.05, 0.1) is 0 Å². The van der Waals surface area contributed by atoms with Gasteiger partial charge in [-0.25, -0.2) is 0 Å². The molecule has 24 heavy (non-hydrogen) atoms. The first kappa shape index (κ1) is 16.1. The number of hydrogen-bond acceptors (Lipinski definition) is 4. The van der Waals surface area contributed by atoms with Crippen molar-refractivity contribution >= 4 is 23.2 Å². The molecule has 2 fully saturated rings. The smallest absolute Gasteiger partial charge is 0.223 e. The van der Waals surface area contributed by atoms with Gasteiger partial charge in [-0.05, 0) is 49.1 Å². The first-order chi connectivity index (χ1) is 11.7. The van der Waals surface area contributed by atoms with E-state index in [0.29, 0.717) is 31.5 Å². The number of nitrogens with zero attached hydrogens (tertiary/aromatic N) is 1. The van der Waals surface area contributed by atoms with Crippen molar-refractivity contribution in [1.29, 1.82) is 0 Å². The lowest BCUT2D eigenvalue weighted by molar-refractivity contribution is -0.134. The third-order valence-electron chi connectivity index (χ3n) is 5.56. The van der Waals surface area contributed by atoms with Crippen molar-refractivity contribution in [3.05, 3.63) is 21.9 Å². The second-order valence-electron chi connectivity index (χ2n) is 7.31.